The van der Waals surface area contributed by atoms with Crippen molar-refractivity contribution in [2.45, 2.75) is 37.6 Å². The molecule has 0 bridgehead atoms. The number of benzene rings is 2. The van der Waals surface area contributed by atoms with Crippen LogP contribution in [0.3, 0.4) is 0 Å². The Morgan fingerprint density at radius 3 is 2.19 bits per heavy atom. The van der Waals surface area contributed by atoms with Gasteiger partial charge in [0, 0.05) is 24.8 Å². The lowest BCUT2D eigenvalue weighted by Gasteiger charge is -2.22. The summed E-state index contributed by atoms with van der Waals surface area (Å²) < 4.78 is 32.1. The van der Waals surface area contributed by atoms with E-state index >= 15 is 0 Å². The highest BCUT2D eigenvalue weighted by atomic mass is 32.2. The highest BCUT2D eigenvalue weighted by molar-refractivity contribution is 7.89. The average molecular weight is 460 g/mol. The van der Waals surface area contributed by atoms with Gasteiger partial charge in [0.2, 0.25) is 15.9 Å². The number of nitrogens with one attached hydrogen (secondary N) is 2. The van der Waals surface area contributed by atoms with Crippen LogP contribution in [0.2, 0.25) is 0 Å². The summed E-state index contributed by atoms with van der Waals surface area (Å²) in [6.07, 6.45) is 0.855. The molecule has 2 N–H and O–H groups in total. The third-order valence-corrected chi connectivity index (χ3v) is 6.86. The van der Waals surface area contributed by atoms with E-state index in [1.807, 2.05) is 6.92 Å². The number of anilines is 2. The second kappa shape index (κ2) is 9.92. The van der Waals surface area contributed by atoms with E-state index in [4.69, 9.17) is 4.74 Å². The van der Waals surface area contributed by atoms with E-state index in [1.54, 1.807) is 36.4 Å². The highest BCUT2D eigenvalue weighted by Crippen LogP contribution is 2.27. The molecule has 0 aromatic heterocycles. The lowest BCUT2D eigenvalue weighted by molar-refractivity contribution is -0.150. The molecule has 3 rings (SSSR count). The van der Waals surface area contributed by atoms with E-state index in [9.17, 15) is 22.8 Å². The molecular weight excluding hydrogens is 434 g/mol. The van der Waals surface area contributed by atoms with Crippen LogP contribution in [0.5, 0.6) is 0 Å². The Bertz CT molecular complexity index is 1100. The van der Waals surface area contributed by atoms with Crippen molar-refractivity contribution in [2.75, 3.05) is 23.8 Å². The van der Waals surface area contributed by atoms with Crippen LogP contribution < -0.4 is 10.6 Å². The number of aryl methyl sites for hydroxylation is 1. The molecule has 32 heavy (non-hydrogen) atoms. The van der Waals surface area contributed by atoms with Crippen molar-refractivity contribution in [1.29, 1.82) is 0 Å². The fraction of sp³-hybridized carbons (Fsp3) is 0.318. The molecule has 1 heterocycles. The molecule has 0 saturated carbocycles. The predicted octanol–water partition coefficient (Wildman–Crippen LogP) is 2.29. The molecule has 10 heteroatoms. The monoisotopic (exact) mass is 459 g/mol. The van der Waals surface area contributed by atoms with Gasteiger partial charge in [-0.1, -0.05) is 17.7 Å². The Morgan fingerprint density at radius 1 is 1.00 bits per heavy atom. The number of carbonyl (C=O) groups is 3. The fourth-order valence-electron chi connectivity index (χ4n) is 3.38. The van der Waals surface area contributed by atoms with Crippen LogP contribution >= 0.6 is 0 Å². The maximum atomic E-state index is 12.9. The van der Waals surface area contributed by atoms with Crippen LogP contribution in [-0.2, 0) is 29.1 Å². The maximum absolute atomic E-state index is 12.9. The zero-order chi connectivity index (χ0) is 23.3. The predicted molar refractivity (Wildman–Crippen MR) is 118 cm³/mol. The smallest absolute Gasteiger partial charge is 0.324 e. The SMILES string of the molecule is CC(=O)Nc1ccc(NC(=O)COC(=O)[C@@H]2CCCN2S(=O)(=O)c2ccc(C)cc2)cc1. The van der Waals surface area contributed by atoms with Crippen LogP contribution in [0.4, 0.5) is 11.4 Å². The minimum atomic E-state index is -3.85. The van der Waals surface area contributed by atoms with Gasteiger partial charge in [0.25, 0.3) is 5.91 Å². The number of sulfonamides is 1. The first-order chi connectivity index (χ1) is 15.2. The molecule has 1 aliphatic rings. The van der Waals surface area contributed by atoms with Gasteiger partial charge in [-0.15, -0.1) is 0 Å². The van der Waals surface area contributed by atoms with Gasteiger partial charge in [-0.25, -0.2) is 8.42 Å². The largest absolute Gasteiger partial charge is 0.454 e. The number of ether oxygens (including phenoxy) is 1. The second-order valence-corrected chi connectivity index (χ2v) is 9.39. The lowest BCUT2D eigenvalue weighted by Crippen LogP contribution is -2.42. The third-order valence-electron chi connectivity index (χ3n) is 4.94. The first-order valence-corrected chi connectivity index (χ1v) is 11.5. The molecule has 1 fully saturated rings. The Labute approximate surface area is 186 Å². The molecule has 1 atom stereocenters. The second-order valence-electron chi connectivity index (χ2n) is 7.50. The number of carbonyl (C=O) groups excluding carboxylic acids is 3. The summed E-state index contributed by atoms with van der Waals surface area (Å²) >= 11 is 0. The molecule has 9 nitrogen and oxygen atoms in total. The zero-order valence-electron chi connectivity index (χ0n) is 17.8. The van der Waals surface area contributed by atoms with Gasteiger partial charge >= 0.3 is 5.97 Å². The van der Waals surface area contributed by atoms with Gasteiger partial charge < -0.3 is 15.4 Å². The maximum Gasteiger partial charge on any atom is 0.324 e. The summed E-state index contributed by atoms with van der Waals surface area (Å²) in [6, 6.07) is 11.9. The normalized spacial score (nSPS) is 16.4. The third kappa shape index (κ3) is 5.71. The summed E-state index contributed by atoms with van der Waals surface area (Å²) in [7, 11) is -3.85. The Kier molecular flexibility index (Phi) is 7.26. The van der Waals surface area contributed by atoms with Crippen LogP contribution in [0.25, 0.3) is 0 Å². The van der Waals surface area contributed by atoms with E-state index in [0.717, 1.165) is 9.87 Å². The fourth-order valence-corrected chi connectivity index (χ4v) is 5.03. The van der Waals surface area contributed by atoms with Gasteiger partial charge in [-0.2, -0.15) is 4.31 Å². The number of rotatable bonds is 7. The van der Waals surface area contributed by atoms with Crippen molar-refractivity contribution in [1.82, 2.24) is 4.31 Å². The van der Waals surface area contributed by atoms with Crippen molar-refractivity contribution in [3.05, 3.63) is 54.1 Å². The number of esters is 1. The van der Waals surface area contributed by atoms with Crippen LogP contribution in [0.1, 0.15) is 25.3 Å². The summed E-state index contributed by atoms with van der Waals surface area (Å²) in [5.74, 6) is -1.52. The van der Waals surface area contributed by atoms with E-state index in [1.165, 1.54) is 19.1 Å². The van der Waals surface area contributed by atoms with Gasteiger partial charge in [0.15, 0.2) is 6.61 Å². The average Bonchev–Trinajstić information content (AvgIpc) is 3.24. The molecule has 2 aromatic carbocycles. The van der Waals surface area contributed by atoms with Crippen LogP contribution in [-0.4, -0.2) is 49.7 Å². The minimum absolute atomic E-state index is 0.114. The molecule has 2 aromatic rings. The Hall–Kier alpha value is -3.24. The molecule has 0 unspecified atom stereocenters. The highest BCUT2D eigenvalue weighted by Gasteiger charge is 2.40. The van der Waals surface area contributed by atoms with Crippen molar-refractivity contribution in [3.8, 4) is 0 Å². The van der Waals surface area contributed by atoms with Crippen molar-refractivity contribution >= 4 is 39.2 Å². The summed E-state index contributed by atoms with van der Waals surface area (Å²) in [6.45, 7) is 2.92. The van der Waals surface area contributed by atoms with E-state index in [0.29, 0.717) is 24.2 Å². The van der Waals surface area contributed by atoms with Crippen LogP contribution in [0.15, 0.2) is 53.4 Å². The topological polar surface area (TPSA) is 122 Å². The zero-order valence-corrected chi connectivity index (χ0v) is 18.6. The molecule has 2 amide bonds. The Balaban J connectivity index is 1.57. The number of amides is 2. The van der Waals surface area contributed by atoms with Crippen molar-refractivity contribution in [2.24, 2.45) is 0 Å². The first-order valence-electron chi connectivity index (χ1n) is 10.1. The summed E-state index contributed by atoms with van der Waals surface area (Å²) in [5.41, 5.74) is 1.97. The Morgan fingerprint density at radius 2 is 1.59 bits per heavy atom. The van der Waals surface area contributed by atoms with Gasteiger partial charge in [0.05, 0.1) is 4.90 Å². The quantitative estimate of drug-likeness (QED) is 0.613. The van der Waals surface area contributed by atoms with Gasteiger partial charge in [0.1, 0.15) is 6.04 Å². The molecule has 170 valence electrons. The van der Waals surface area contributed by atoms with Gasteiger partial charge in [-0.05, 0) is 56.2 Å². The molecule has 1 aliphatic heterocycles. The lowest BCUT2D eigenvalue weighted by atomic mass is 10.2. The number of hydrogen-bond acceptors (Lipinski definition) is 6. The van der Waals surface area contributed by atoms with E-state index in [-0.39, 0.29) is 17.3 Å². The van der Waals surface area contributed by atoms with E-state index < -0.39 is 34.5 Å². The molecule has 0 aliphatic carbocycles. The first kappa shape index (κ1) is 23.4. The standard InChI is InChI=1S/C22H25N3O6S/c1-15-5-11-19(12-6-15)32(29,30)25-13-3-4-20(25)22(28)31-14-21(27)24-18-9-7-17(8-10-18)23-16(2)26/h5-12,20H,3-4,13-14H2,1-2H3,(H,23,26)(H,24,27)/t20-/m0/s1. The van der Waals surface area contributed by atoms with Gasteiger partial charge in [-0.3, -0.25) is 14.4 Å². The number of nitrogens with zero attached hydrogens (tertiary/aromatic N) is 1. The molecule has 1 saturated heterocycles. The van der Waals surface area contributed by atoms with Crippen molar-refractivity contribution < 1.29 is 27.5 Å². The molecule has 0 radical (unpaired) electrons. The molecular formula is C22H25N3O6S. The number of hydrogen-bond donors (Lipinski definition) is 2. The van der Waals surface area contributed by atoms with E-state index in [2.05, 4.69) is 10.6 Å². The minimum Gasteiger partial charge on any atom is -0.454 e. The molecule has 0 spiro atoms. The summed E-state index contributed by atoms with van der Waals surface area (Å²) in [5, 5.41) is 5.19. The van der Waals surface area contributed by atoms with Crippen LogP contribution in [0, 0.1) is 6.92 Å². The summed E-state index contributed by atoms with van der Waals surface area (Å²) in [4.78, 5) is 35.8. The van der Waals surface area contributed by atoms with Crippen molar-refractivity contribution in [3.63, 3.8) is 0 Å².